The molecule has 0 aliphatic heterocycles. The van der Waals surface area contributed by atoms with Gasteiger partial charge in [-0.1, -0.05) is 30.2 Å². The third kappa shape index (κ3) is 3.41. The molecule has 2 aromatic rings. The predicted octanol–water partition coefficient (Wildman–Crippen LogP) is 2.66. The van der Waals surface area contributed by atoms with Crippen molar-refractivity contribution < 1.29 is 14.6 Å². The highest BCUT2D eigenvalue weighted by Gasteiger charge is 2.09. The molecule has 1 aromatic carbocycles. The van der Waals surface area contributed by atoms with E-state index in [1.807, 2.05) is 24.3 Å². The highest BCUT2D eigenvalue weighted by molar-refractivity contribution is 7.13. The average molecular weight is 273 g/mol. The summed E-state index contributed by atoms with van der Waals surface area (Å²) in [6.07, 6.45) is 5.09. The zero-order valence-corrected chi connectivity index (χ0v) is 10.8. The van der Waals surface area contributed by atoms with Crippen molar-refractivity contribution in [3.05, 3.63) is 40.9 Å². The first-order valence-corrected chi connectivity index (χ1v) is 6.38. The van der Waals surface area contributed by atoms with E-state index in [-0.39, 0.29) is 12.3 Å². The van der Waals surface area contributed by atoms with E-state index >= 15 is 0 Å². The number of benzene rings is 1. The maximum absolute atomic E-state index is 10.8. The number of ether oxygens (including phenoxy) is 1. The third-order valence-corrected chi connectivity index (χ3v) is 3.27. The van der Waals surface area contributed by atoms with Crippen LogP contribution in [0.1, 0.15) is 16.1 Å². The monoisotopic (exact) mass is 273 g/mol. The molecular weight excluding hydrogens is 262 g/mol. The molecule has 96 valence electrons. The summed E-state index contributed by atoms with van der Waals surface area (Å²) in [5.41, 5.74) is 1.97. The fraction of sp³-hybridized carbons (Fsp3) is 0.143. The second kappa shape index (κ2) is 6.14. The fourth-order valence-corrected chi connectivity index (χ4v) is 2.28. The first-order chi connectivity index (χ1) is 9.20. The molecule has 0 aliphatic carbocycles. The molecule has 0 spiro atoms. The molecule has 0 saturated carbocycles. The average Bonchev–Trinajstić information content (AvgIpc) is 2.90. The lowest BCUT2D eigenvalue weighted by atomic mass is 10.1. The van der Waals surface area contributed by atoms with Gasteiger partial charge in [0.1, 0.15) is 11.6 Å². The number of carbonyl (C=O) groups is 1. The van der Waals surface area contributed by atoms with Gasteiger partial charge in [-0.2, -0.15) is 0 Å². The van der Waals surface area contributed by atoms with E-state index in [2.05, 4.69) is 10.9 Å². The predicted molar refractivity (Wildman–Crippen MR) is 73.0 cm³/mol. The topological polar surface area (TPSA) is 59.4 Å². The van der Waals surface area contributed by atoms with Gasteiger partial charge in [-0.3, -0.25) is 0 Å². The minimum Gasteiger partial charge on any atom is -0.476 e. The maximum Gasteiger partial charge on any atom is 0.355 e. The van der Waals surface area contributed by atoms with Crippen molar-refractivity contribution in [3.63, 3.8) is 0 Å². The quantitative estimate of drug-likeness (QED) is 0.672. The van der Waals surface area contributed by atoms with E-state index in [0.717, 1.165) is 11.1 Å². The smallest absolute Gasteiger partial charge is 0.355 e. The number of thiazole rings is 1. The van der Waals surface area contributed by atoms with Crippen LogP contribution in [0.25, 0.3) is 10.6 Å². The number of carboxylic acid groups (broad SMARTS) is 1. The molecule has 1 N–H and O–H groups in total. The molecule has 0 radical (unpaired) electrons. The molecule has 2 rings (SSSR count). The Kier molecular flexibility index (Phi) is 4.29. The molecule has 19 heavy (non-hydrogen) atoms. The van der Waals surface area contributed by atoms with Gasteiger partial charge in [-0.15, -0.1) is 17.8 Å². The summed E-state index contributed by atoms with van der Waals surface area (Å²) in [5, 5.41) is 11.0. The highest BCUT2D eigenvalue weighted by Crippen LogP contribution is 2.24. The second-order valence-electron chi connectivity index (χ2n) is 3.74. The van der Waals surface area contributed by atoms with Crippen molar-refractivity contribution in [3.8, 4) is 22.9 Å². The normalized spacial score (nSPS) is 10.1. The Bertz CT molecular complexity index is 610. The number of aromatic carboxylic acids is 1. The first-order valence-electron chi connectivity index (χ1n) is 5.50. The van der Waals surface area contributed by atoms with E-state index in [1.54, 1.807) is 0 Å². The second-order valence-corrected chi connectivity index (χ2v) is 4.60. The van der Waals surface area contributed by atoms with Crippen LogP contribution in [0.2, 0.25) is 0 Å². The van der Waals surface area contributed by atoms with Crippen molar-refractivity contribution in [1.82, 2.24) is 4.98 Å². The van der Waals surface area contributed by atoms with Gasteiger partial charge in [0.2, 0.25) is 0 Å². The molecule has 5 heteroatoms. The number of hydrogen-bond acceptors (Lipinski definition) is 4. The van der Waals surface area contributed by atoms with Crippen molar-refractivity contribution in [2.24, 2.45) is 0 Å². The van der Waals surface area contributed by atoms with Crippen LogP contribution in [0.4, 0.5) is 0 Å². The van der Waals surface area contributed by atoms with Crippen LogP contribution < -0.4 is 0 Å². The number of rotatable bonds is 5. The summed E-state index contributed by atoms with van der Waals surface area (Å²) >= 11 is 1.31. The molecule has 0 unspecified atom stereocenters. The largest absolute Gasteiger partial charge is 0.476 e. The van der Waals surface area contributed by atoms with Crippen LogP contribution in [0.3, 0.4) is 0 Å². The Morgan fingerprint density at radius 2 is 2.16 bits per heavy atom. The van der Waals surface area contributed by atoms with E-state index in [9.17, 15) is 4.79 Å². The summed E-state index contributed by atoms with van der Waals surface area (Å²) in [6, 6.07) is 7.60. The van der Waals surface area contributed by atoms with Crippen LogP contribution >= 0.6 is 11.3 Å². The summed E-state index contributed by atoms with van der Waals surface area (Å²) in [6.45, 7) is 0.749. The summed E-state index contributed by atoms with van der Waals surface area (Å²) < 4.78 is 5.22. The van der Waals surface area contributed by atoms with E-state index in [4.69, 9.17) is 16.3 Å². The lowest BCUT2D eigenvalue weighted by Gasteiger charge is -2.02. The molecule has 0 fully saturated rings. The Balaban J connectivity index is 2.09. The summed E-state index contributed by atoms with van der Waals surface area (Å²) in [5.74, 6) is 1.39. The number of aromatic nitrogens is 1. The third-order valence-electron chi connectivity index (χ3n) is 2.38. The minimum absolute atomic E-state index is 0.0708. The molecule has 0 saturated heterocycles. The Labute approximate surface area is 114 Å². The lowest BCUT2D eigenvalue weighted by Crippen LogP contribution is -1.95. The first kappa shape index (κ1) is 13.3. The van der Waals surface area contributed by atoms with E-state index in [1.165, 1.54) is 16.7 Å². The van der Waals surface area contributed by atoms with Crippen LogP contribution in [-0.2, 0) is 11.3 Å². The number of carboxylic acids is 1. The number of terminal acetylenes is 1. The zero-order valence-electron chi connectivity index (χ0n) is 10.00. The van der Waals surface area contributed by atoms with Gasteiger partial charge in [-0.05, 0) is 5.56 Å². The van der Waals surface area contributed by atoms with E-state index in [0.29, 0.717) is 11.6 Å². The molecule has 1 aromatic heterocycles. The standard InChI is InChI=1S/C14H11NO3S/c1-2-7-18-8-10-3-5-11(6-4-10)13-15-12(9-19-13)14(16)17/h1,3-6,9H,7-8H2,(H,16,17). The molecule has 0 bridgehead atoms. The van der Waals surface area contributed by atoms with Crippen molar-refractivity contribution in [2.75, 3.05) is 6.61 Å². The number of hydrogen-bond donors (Lipinski definition) is 1. The maximum atomic E-state index is 10.8. The Morgan fingerprint density at radius 1 is 1.42 bits per heavy atom. The van der Waals surface area contributed by atoms with E-state index < -0.39 is 5.97 Å². The van der Waals surface area contributed by atoms with Gasteiger partial charge >= 0.3 is 5.97 Å². The summed E-state index contributed by atoms with van der Waals surface area (Å²) in [4.78, 5) is 14.8. The van der Waals surface area contributed by atoms with Crippen molar-refractivity contribution in [2.45, 2.75) is 6.61 Å². The Hall–Kier alpha value is -2.16. The molecule has 0 atom stereocenters. The van der Waals surface area contributed by atoms with Gasteiger partial charge in [0, 0.05) is 10.9 Å². The van der Waals surface area contributed by atoms with Crippen LogP contribution in [0.5, 0.6) is 0 Å². The van der Waals surface area contributed by atoms with Gasteiger partial charge < -0.3 is 9.84 Å². The van der Waals surface area contributed by atoms with Crippen molar-refractivity contribution in [1.29, 1.82) is 0 Å². The fourth-order valence-electron chi connectivity index (χ4n) is 1.48. The van der Waals surface area contributed by atoms with Gasteiger partial charge in [0.15, 0.2) is 5.69 Å². The highest BCUT2D eigenvalue weighted by atomic mass is 32.1. The van der Waals surface area contributed by atoms with Crippen LogP contribution in [0.15, 0.2) is 29.6 Å². The molecule has 0 amide bonds. The zero-order chi connectivity index (χ0) is 13.7. The van der Waals surface area contributed by atoms with Crippen LogP contribution in [0, 0.1) is 12.3 Å². The van der Waals surface area contributed by atoms with Gasteiger partial charge in [-0.25, -0.2) is 9.78 Å². The SMILES string of the molecule is C#CCOCc1ccc(-c2nc(C(=O)O)cs2)cc1. The molecule has 0 aliphatic rings. The summed E-state index contributed by atoms with van der Waals surface area (Å²) in [7, 11) is 0. The number of nitrogens with zero attached hydrogens (tertiary/aromatic N) is 1. The Morgan fingerprint density at radius 3 is 2.74 bits per heavy atom. The minimum atomic E-state index is -1.01. The molecular formula is C14H11NO3S. The van der Waals surface area contributed by atoms with Crippen LogP contribution in [-0.4, -0.2) is 22.7 Å². The van der Waals surface area contributed by atoms with Gasteiger partial charge in [0.05, 0.1) is 6.61 Å². The molecule has 4 nitrogen and oxygen atoms in total. The van der Waals surface area contributed by atoms with Crippen molar-refractivity contribution >= 4 is 17.3 Å². The molecule has 1 heterocycles. The van der Waals surface area contributed by atoms with Gasteiger partial charge in [0.25, 0.3) is 0 Å². The lowest BCUT2D eigenvalue weighted by molar-refractivity contribution is 0.0691.